The Morgan fingerprint density at radius 3 is 2.32 bits per heavy atom. The Morgan fingerprint density at radius 1 is 1.18 bits per heavy atom. The first kappa shape index (κ1) is 16.1. The lowest BCUT2D eigenvalue weighted by atomic mass is 10.1. The van der Waals surface area contributed by atoms with E-state index in [0.717, 1.165) is 12.0 Å². The molecule has 0 heterocycles. The summed E-state index contributed by atoms with van der Waals surface area (Å²) in [4.78, 5) is 10.2. The molecule has 4 N–H and O–H groups in total. The van der Waals surface area contributed by atoms with E-state index < -0.39 is 12.1 Å². The summed E-state index contributed by atoms with van der Waals surface area (Å²) in [6.07, 6.45) is -0.403. The van der Waals surface area contributed by atoms with E-state index in [1.54, 1.807) is 42.5 Å². The Hall–Kier alpha value is -2.24. The highest BCUT2D eigenvalue weighted by atomic mass is 19.1. The van der Waals surface area contributed by atoms with Crippen LogP contribution in [0.1, 0.15) is 29.6 Å². The Morgan fingerprint density at radius 2 is 1.82 bits per heavy atom. The van der Waals surface area contributed by atoms with Crippen molar-refractivity contribution in [3.05, 3.63) is 71.5 Å². The van der Waals surface area contributed by atoms with Gasteiger partial charge in [-0.05, 0) is 29.7 Å². The number of carboxylic acids is 1. The van der Waals surface area contributed by atoms with E-state index in [1.807, 2.05) is 6.07 Å². The van der Waals surface area contributed by atoms with Gasteiger partial charge in [-0.2, -0.15) is 0 Å². The largest absolute Gasteiger partial charge is 0.479 e. The van der Waals surface area contributed by atoms with Gasteiger partial charge in [-0.15, -0.1) is 0 Å². The smallest absolute Gasteiger partial charge is 0.337 e. The van der Waals surface area contributed by atoms with Crippen LogP contribution in [0.15, 0.2) is 54.6 Å². The van der Waals surface area contributed by atoms with Crippen molar-refractivity contribution in [3.8, 4) is 0 Å². The fraction of sp³-hybridized carbons (Fsp3) is 0.235. The van der Waals surface area contributed by atoms with Crippen molar-refractivity contribution in [2.75, 3.05) is 0 Å². The van der Waals surface area contributed by atoms with Crippen LogP contribution in [-0.2, 0) is 4.79 Å². The van der Waals surface area contributed by atoms with Gasteiger partial charge in [0.2, 0.25) is 0 Å². The maximum atomic E-state index is 12.6. The molecule has 4 nitrogen and oxygen atoms in total. The molecule has 0 radical (unpaired) electrons. The predicted octanol–water partition coefficient (Wildman–Crippen LogP) is 2.44. The average molecular weight is 303 g/mol. The van der Waals surface area contributed by atoms with Crippen molar-refractivity contribution in [2.45, 2.75) is 24.5 Å². The zero-order chi connectivity index (χ0) is 16.1. The molecule has 2 aromatic rings. The molecule has 116 valence electrons. The summed E-state index contributed by atoms with van der Waals surface area (Å²) in [5.74, 6) is -0.983. The number of aliphatic hydroxyl groups is 1. The normalized spacial score (nSPS) is 20.5. The summed E-state index contributed by atoms with van der Waals surface area (Å²) in [6.45, 7) is 0. The van der Waals surface area contributed by atoms with Gasteiger partial charge in [0.25, 0.3) is 0 Å². The third-order valence-electron chi connectivity index (χ3n) is 3.47. The molecular formula is C17H18FNO3. The number of halogens is 1. The molecule has 0 spiro atoms. The second kappa shape index (κ2) is 7.15. The zero-order valence-corrected chi connectivity index (χ0v) is 11.9. The van der Waals surface area contributed by atoms with Gasteiger partial charge in [-0.3, -0.25) is 0 Å². The van der Waals surface area contributed by atoms with E-state index in [-0.39, 0.29) is 11.9 Å². The Balaban J connectivity index is 0.000000160. The topological polar surface area (TPSA) is 83.6 Å². The van der Waals surface area contributed by atoms with Gasteiger partial charge in [0.05, 0.1) is 0 Å². The van der Waals surface area contributed by atoms with Gasteiger partial charge in [-0.1, -0.05) is 42.5 Å². The molecular weight excluding hydrogens is 285 g/mol. The number of benzene rings is 2. The van der Waals surface area contributed by atoms with Crippen LogP contribution in [0.5, 0.6) is 0 Å². The quantitative estimate of drug-likeness (QED) is 0.813. The van der Waals surface area contributed by atoms with Crippen molar-refractivity contribution < 1.29 is 19.4 Å². The Bertz CT molecular complexity index is 633. The zero-order valence-electron chi connectivity index (χ0n) is 11.9. The second-order valence-corrected chi connectivity index (χ2v) is 5.21. The van der Waals surface area contributed by atoms with Gasteiger partial charge < -0.3 is 15.9 Å². The molecule has 1 fully saturated rings. The van der Waals surface area contributed by atoms with Crippen LogP contribution in [0.3, 0.4) is 0 Å². The van der Waals surface area contributed by atoms with Crippen molar-refractivity contribution in [1.29, 1.82) is 0 Å². The summed E-state index contributed by atoms with van der Waals surface area (Å²) < 4.78 is 12.6. The van der Waals surface area contributed by atoms with Crippen LogP contribution in [0.25, 0.3) is 0 Å². The standard InChI is InChI=1S/C9H10FN.C8H8O3/c10-7-3-1-2-6(4-7)8-5-9(8)11;9-7(8(10)11)6-4-2-1-3-5-6/h1-4,8-9H,5,11H2;1-5,7,9H,(H,10,11)/t8-,9+;7-/m01/s1. The first-order valence-corrected chi connectivity index (χ1v) is 6.96. The second-order valence-electron chi connectivity index (χ2n) is 5.21. The molecule has 0 bridgehead atoms. The SMILES string of the molecule is N[C@@H]1C[C@H]1c1cccc(F)c1.O=C(O)[C@H](O)c1ccccc1. The number of nitrogens with two attached hydrogens (primary N) is 1. The van der Waals surface area contributed by atoms with E-state index >= 15 is 0 Å². The van der Waals surface area contributed by atoms with Crippen LogP contribution in [-0.4, -0.2) is 22.2 Å². The minimum atomic E-state index is -1.41. The van der Waals surface area contributed by atoms with Crippen LogP contribution < -0.4 is 5.73 Å². The van der Waals surface area contributed by atoms with Crippen LogP contribution in [0.4, 0.5) is 4.39 Å². The molecule has 22 heavy (non-hydrogen) atoms. The molecule has 3 atom stereocenters. The van der Waals surface area contributed by atoms with E-state index in [0.29, 0.717) is 11.5 Å². The molecule has 0 unspecified atom stereocenters. The average Bonchev–Trinajstić information content (AvgIpc) is 3.25. The molecule has 1 aliphatic carbocycles. The monoisotopic (exact) mass is 303 g/mol. The summed E-state index contributed by atoms with van der Waals surface area (Å²) >= 11 is 0. The number of aliphatic carboxylic acids is 1. The lowest BCUT2D eigenvalue weighted by Crippen LogP contribution is -2.09. The number of hydrogen-bond donors (Lipinski definition) is 3. The van der Waals surface area contributed by atoms with Crippen molar-refractivity contribution in [2.24, 2.45) is 5.73 Å². The number of carboxylic acid groups (broad SMARTS) is 1. The molecule has 0 amide bonds. The third kappa shape index (κ3) is 4.38. The highest BCUT2D eigenvalue weighted by molar-refractivity contribution is 5.73. The Labute approximate surface area is 128 Å². The molecule has 3 rings (SSSR count). The van der Waals surface area contributed by atoms with Gasteiger partial charge in [0, 0.05) is 12.0 Å². The summed E-state index contributed by atoms with van der Waals surface area (Å²) in [7, 11) is 0. The van der Waals surface area contributed by atoms with Crippen LogP contribution in [0.2, 0.25) is 0 Å². The van der Waals surface area contributed by atoms with Crippen molar-refractivity contribution in [1.82, 2.24) is 0 Å². The minimum absolute atomic E-state index is 0.165. The van der Waals surface area contributed by atoms with E-state index in [4.69, 9.17) is 15.9 Å². The fourth-order valence-electron chi connectivity index (χ4n) is 2.11. The molecule has 5 heteroatoms. The molecule has 0 aromatic heterocycles. The van der Waals surface area contributed by atoms with Gasteiger partial charge in [0.15, 0.2) is 6.10 Å². The van der Waals surface area contributed by atoms with Crippen molar-refractivity contribution in [3.63, 3.8) is 0 Å². The number of carbonyl (C=O) groups is 1. The van der Waals surface area contributed by atoms with Gasteiger partial charge >= 0.3 is 5.97 Å². The molecule has 0 saturated heterocycles. The third-order valence-corrected chi connectivity index (χ3v) is 3.47. The molecule has 0 aliphatic heterocycles. The van der Waals surface area contributed by atoms with E-state index in [1.165, 1.54) is 6.07 Å². The minimum Gasteiger partial charge on any atom is -0.479 e. The lowest BCUT2D eigenvalue weighted by Gasteiger charge is -2.03. The van der Waals surface area contributed by atoms with Gasteiger partial charge in [0.1, 0.15) is 5.82 Å². The maximum absolute atomic E-state index is 12.6. The van der Waals surface area contributed by atoms with E-state index in [2.05, 4.69) is 0 Å². The summed E-state index contributed by atoms with van der Waals surface area (Å²) in [5, 5.41) is 17.4. The van der Waals surface area contributed by atoms with Crippen molar-refractivity contribution >= 4 is 5.97 Å². The summed E-state index contributed by atoms with van der Waals surface area (Å²) in [6, 6.07) is 15.2. The number of rotatable bonds is 3. The molecule has 2 aromatic carbocycles. The van der Waals surface area contributed by atoms with E-state index in [9.17, 15) is 9.18 Å². The van der Waals surface area contributed by atoms with Crippen LogP contribution >= 0.6 is 0 Å². The Kier molecular flexibility index (Phi) is 5.25. The number of aliphatic hydroxyl groups excluding tert-OH is 1. The highest BCUT2D eigenvalue weighted by Gasteiger charge is 2.34. The first-order valence-electron chi connectivity index (χ1n) is 6.96. The number of hydrogen-bond acceptors (Lipinski definition) is 3. The highest BCUT2D eigenvalue weighted by Crippen LogP contribution is 2.38. The summed E-state index contributed by atoms with van der Waals surface area (Å²) in [5.41, 5.74) is 7.07. The predicted molar refractivity (Wildman–Crippen MR) is 80.8 cm³/mol. The molecule has 1 saturated carbocycles. The first-order chi connectivity index (χ1) is 10.5. The van der Waals surface area contributed by atoms with Gasteiger partial charge in [-0.25, -0.2) is 9.18 Å². The maximum Gasteiger partial charge on any atom is 0.337 e. The molecule has 1 aliphatic rings. The fourth-order valence-corrected chi connectivity index (χ4v) is 2.11. The van der Waals surface area contributed by atoms with Crippen LogP contribution in [0, 0.1) is 5.82 Å². The lowest BCUT2D eigenvalue weighted by molar-refractivity contribution is -0.146.